The number of nitrogens with zero attached hydrogens (tertiary/aromatic N) is 8. The predicted molar refractivity (Wildman–Crippen MR) is 126 cm³/mol. The topological polar surface area (TPSA) is 117 Å². The van der Waals surface area contributed by atoms with E-state index < -0.39 is 4.92 Å². The molecule has 10 heteroatoms. The zero-order valence-corrected chi connectivity index (χ0v) is 18.9. The Morgan fingerprint density at radius 2 is 1.91 bits per heavy atom. The summed E-state index contributed by atoms with van der Waals surface area (Å²) >= 11 is 0. The predicted octanol–water partition coefficient (Wildman–Crippen LogP) is 4.32. The molecule has 5 aromatic rings. The van der Waals surface area contributed by atoms with E-state index in [-0.39, 0.29) is 11.5 Å². The molecule has 0 amide bonds. The second-order valence-corrected chi connectivity index (χ2v) is 8.52. The van der Waals surface area contributed by atoms with E-state index in [4.69, 9.17) is 9.97 Å². The fourth-order valence-corrected chi connectivity index (χ4v) is 4.88. The fourth-order valence-electron chi connectivity index (χ4n) is 4.88. The van der Waals surface area contributed by atoms with E-state index in [1.165, 1.54) is 11.6 Å². The highest BCUT2D eigenvalue weighted by Gasteiger charge is 2.26. The summed E-state index contributed by atoms with van der Waals surface area (Å²) in [7, 11) is 0. The van der Waals surface area contributed by atoms with Gasteiger partial charge >= 0.3 is 0 Å². The summed E-state index contributed by atoms with van der Waals surface area (Å²) < 4.78 is 3.52. The van der Waals surface area contributed by atoms with Gasteiger partial charge in [-0.2, -0.15) is 5.10 Å². The monoisotopic (exact) mass is 454 g/mol. The number of pyridine rings is 1. The van der Waals surface area contributed by atoms with Crippen molar-refractivity contribution in [2.45, 2.75) is 46.1 Å². The maximum absolute atomic E-state index is 11.6. The molecule has 4 aromatic heterocycles. The highest BCUT2D eigenvalue weighted by molar-refractivity contribution is 6.04. The average molecular weight is 454 g/mol. The van der Waals surface area contributed by atoms with Gasteiger partial charge in [0.1, 0.15) is 6.33 Å². The molecule has 0 atom stereocenters. The van der Waals surface area contributed by atoms with E-state index in [0.29, 0.717) is 16.9 Å². The number of para-hydroxylation sites is 1. The van der Waals surface area contributed by atoms with Crippen LogP contribution in [0.5, 0.6) is 0 Å². The van der Waals surface area contributed by atoms with Crippen molar-refractivity contribution in [1.29, 1.82) is 0 Å². The van der Waals surface area contributed by atoms with Gasteiger partial charge < -0.3 is 0 Å². The van der Waals surface area contributed by atoms with Crippen molar-refractivity contribution in [2.75, 3.05) is 0 Å². The van der Waals surface area contributed by atoms with Crippen molar-refractivity contribution in [3.05, 3.63) is 63.9 Å². The van der Waals surface area contributed by atoms with Crippen molar-refractivity contribution in [1.82, 2.24) is 34.3 Å². The number of fused-ring (bicyclic) bond motifs is 4. The molecule has 10 nitrogen and oxygen atoms in total. The second-order valence-electron chi connectivity index (χ2n) is 8.52. The van der Waals surface area contributed by atoms with Crippen molar-refractivity contribution < 1.29 is 4.92 Å². The molecule has 0 aliphatic heterocycles. The summed E-state index contributed by atoms with van der Waals surface area (Å²) in [5.41, 5.74) is 6.83. The molecule has 1 aliphatic rings. The number of benzene rings is 1. The standard InChI is InChI=1S/C24H22N8O2/c1-3-30-12-17(14(2)28-30)20-15-8-4-6-10-18(15)26-23-21(20)24-27-22(29-31(24)13-25-23)16-9-5-7-11-19(16)32(33)34/h5,7,9,11-13H,3-4,6,8,10H2,1-2H3. The molecule has 0 fully saturated rings. The van der Waals surface area contributed by atoms with Gasteiger partial charge in [0.25, 0.3) is 5.69 Å². The molecule has 0 bridgehead atoms. The lowest BCUT2D eigenvalue weighted by molar-refractivity contribution is -0.384. The molecule has 0 saturated carbocycles. The van der Waals surface area contributed by atoms with Crippen LogP contribution in [0.1, 0.15) is 36.7 Å². The van der Waals surface area contributed by atoms with E-state index in [0.717, 1.165) is 60.1 Å². The van der Waals surface area contributed by atoms with Crippen LogP contribution in [-0.4, -0.2) is 39.3 Å². The average Bonchev–Trinajstić information content (AvgIpc) is 3.46. The number of rotatable bonds is 4. The minimum absolute atomic E-state index is 0.0357. The number of hydrogen-bond acceptors (Lipinski definition) is 7. The van der Waals surface area contributed by atoms with Crippen LogP contribution in [0.25, 0.3) is 39.2 Å². The Kier molecular flexibility index (Phi) is 4.61. The molecule has 0 saturated heterocycles. The van der Waals surface area contributed by atoms with E-state index >= 15 is 0 Å². The molecule has 0 unspecified atom stereocenters. The second kappa shape index (κ2) is 7.68. The van der Waals surface area contributed by atoms with E-state index in [1.807, 2.05) is 11.6 Å². The largest absolute Gasteiger partial charge is 0.280 e. The molecular weight excluding hydrogens is 432 g/mol. The third kappa shape index (κ3) is 3.06. The van der Waals surface area contributed by atoms with Crippen LogP contribution in [0.15, 0.2) is 36.8 Å². The first-order valence-corrected chi connectivity index (χ1v) is 11.4. The van der Waals surface area contributed by atoms with Gasteiger partial charge in [0.05, 0.1) is 21.6 Å². The maximum atomic E-state index is 11.6. The number of nitro groups is 1. The van der Waals surface area contributed by atoms with Crippen LogP contribution in [0.4, 0.5) is 5.69 Å². The molecule has 170 valence electrons. The minimum Gasteiger partial charge on any atom is -0.272 e. The highest BCUT2D eigenvalue weighted by Crippen LogP contribution is 2.39. The summed E-state index contributed by atoms with van der Waals surface area (Å²) in [5.74, 6) is 0.284. The zero-order valence-electron chi connectivity index (χ0n) is 18.9. The highest BCUT2D eigenvalue weighted by atomic mass is 16.6. The Balaban J connectivity index is 1.70. The molecule has 0 N–H and O–H groups in total. The van der Waals surface area contributed by atoms with Gasteiger partial charge in [0.15, 0.2) is 17.1 Å². The lowest BCUT2D eigenvalue weighted by atomic mass is 9.87. The van der Waals surface area contributed by atoms with Crippen LogP contribution in [0.2, 0.25) is 0 Å². The zero-order chi connectivity index (χ0) is 23.4. The van der Waals surface area contributed by atoms with Gasteiger partial charge in [-0.15, -0.1) is 5.10 Å². The number of nitro benzene ring substituents is 1. The Hall–Kier alpha value is -4.21. The molecule has 1 aromatic carbocycles. The van der Waals surface area contributed by atoms with Crippen LogP contribution in [-0.2, 0) is 19.4 Å². The summed E-state index contributed by atoms with van der Waals surface area (Å²) in [6.45, 7) is 4.85. The van der Waals surface area contributed by atoms with Crippen LogP contribution in [0, 0.1) is 17.0 Å². The van der Waals surface area contributed by atoms with E-state index in [1.54, 1.807) is 29.0 Å². The van der Waals surface area contributed by atoms with Gasteiger partial charge in [0, 0.05) is 35.6 Å². The summed E-state index contributed by atoms with van der Waals surface area (Å²) in [6.07, 6.45) is 7.70. The van der Waals surface area contributed by atoms with Gasteiger partial charge in [-0.25, -0.2) is 19.5 Å². The first-order chi connectivity index (χ1) is 16.5. The summed E-state index contributed by atoms with van der Waals surface area (Å²) in [5, 5.41) is 21.6. The summed E-state index contributed by atoms with van der Waals surface area (Å²) in [4.78, 5) is 25.5. The first-order valence-electron chi connectivity index (χ1n) is 11.4. The number of hydrogen-bond donors (Lipinski definition) is 0. The third-order valence-electron chi connectivity index (χ3n) is 6.48. The Morgan fingerprint density at radius 3 is 2.71 bits per heavy atom. The van der Waals surface area contributed by atoms with Crippen LogP contribution >= 0.6 is 0 Å². The molecule has 6 rings (SSSR count). The first kappa shape index (κ1) is 20.4. The SMILES string of the molecule is CCn1cc(-c2c3c(nc4ncn5nc(-c6ccccc6[N+](=O)[O-])nc5c24)CCCC3)c(C)n1. The van der Waals surface area contributed by atoms with Gasteiger partial charge in [0.2, 0.25) is 0 Å². The number of aryl methyl sites for hydroxylation is 3. The Labute approximate surface area is 194 Å². The van der Waals surface area contributed by atoms with Gasteiger partial charge in [-0.05, 0) is 51.2 Å². The summed E-state index contributed by atoms with van der Waals surface area (Å²) in [6, 6.07) is 6.51. The molecule has 0 radical (unpaired) electrons. The smallest absolute Gasteiger partial charge is 0.272 e. The van der Waals surface area contributed by atoms with Gasteiger partial charge in [-0.1, -0.05) is 12.1 Å². The van der Waals surface area contributed by atoms with Crippen LogP contribution in [0.3, 0.4) is 0 Å². The van der Waals surface area contributed by atoms with E-state index in [2.05, 4.69) is 28.3 Å². The molecular formula is C24H22N8O2. The third-order valence-corrected chi connectivity index (χ3v) is 6.48. The van der Waals surface area contributed by atoms with Crippen molar-refractivity contribution in [2.24, 2.45) is 0 Å². The minimum atomic E-state index is -0.413. The molecule has 4 heterocycles. The normalized spacial score (nSPS) is 13.5. The number of aromatic nitrogens is 7. The molecule has 0 spiro atoms. The molecule has 1 aliphatic carbocycles. The van der Waals surface area contributed by atoms with E-state index in [9.17, 15) is 10.1 Å². The quantitative estimate of drug-likeness (QED) is 0.293. The van der Waals surface area contributed by atoms with Gasteiger partial charge in [-0.3, -0.25) is 14.8 Å². The molecule has 34 heavy (non-hydrogen) atoms. The Morgan fingerprint density at radius 1 is 1.09 bits per heavy atom. The van der Waals surface area contributed by atoms with Crippen molar-refractivity contribution >= 4 is 22.4 Å². The lowest BCUT2D eigenvalue weighted by Gasteiger charge is -2.20. The van der Waals surface area contributed by atoms with Crippen molar-refractivity contribution in [3.63, 3.8) is 0 Å². The van der Waals surface area contributed by atoms with Crippen molar-refractivity contribution in [3.8, 4) is 22.5 Å². The Bertz CT molecular complexity index is 1600. The maximum Gasteiger partial charge on any atom is 0.280 e. The fraction of sp³-hybridized carbons (Fsp3) is 0.292. The lowest BCUT2D eigenvalue weighted by Crippen LogP contribution is -2.10. The van der Waals surface area contributed by atoms with Crippen LogP contribution < -0.4 is 0 Å².